The van der Waals surface area contributed by atoms with Crippen LogP contribution in [0.15, 0.2) is 0 Å². The first-order valence-electron chi connectivity index (χ1n) is 8.00. The molecule has 0 spiro atoms. The number of rotatable bonds is 4. The van der Waals surface area contributed by atoms with Crippen molar-refractivity contribution in [2.24, 2.45) is 5.92 Å². The lowest BCUT2D eigenvalue weighted by atomic mass is 9.99. The molecule has 3 rings (SSSR count). The number of anilines is 1. The highest BCUT2D eigenvalue weighted by molar-refractivity contribution is 7.91. The molecule has 0 aromatic carbocycles. The van der Waals surface area contributed by atoms with E-state index in [1.54, 1.807) is 4.68 Å². The quantitative estimate of drug-likeness (QED) is 0.925. The van der Waals surface area contributed by atoms with E-state index in [0.717, 1.165) is 23.6 Å². The van der Waals surface area contributed by atoms with Crippen LogP contribution in [0.4, 0.5) is 5.82 Å². The molecule has 118 valence electrons. The summed E-state index contributed by atoms with van der Waals surface area (Å²) in [6, 6.07) is -0.0751. The van der Waals surface area contributed by atoms with Gasteiger partial charge in [0.2, 0.25) is 0 Å². The van der Waals surface area contributed by atoms with Crippen molar-refractivity contribution in [2.75, 3.05) is 17.2 Å². The first-order valence-corrected chi connectivity index (χ1v) is 9.82. The van der Waals surface area contributed by atoms with E-state index in [9.17, 15) is 8.42 Å². The summed E-state index contributed by atoms with van der Waals surface area (Å²) in [4.78, 5) is 0. The summed E-state index contributed by atoms with van der Waals surface area (Å²) in [5.74, 6) is 1.93. The number of nitrogens with zero attached hydrogens (tertiary/aromatic N) is 2. The molecule has 5 nitrogen and oxygen atoms in total. The van der Waals surface area contributed by atoms with Crippen LogP contribution in [0.2, 0.25) is 0 Å². The molecule has 2 aliphatic rings. The van der Waals surface area contributed by atoms with Crippen molar-refractivity contribution >= 4 is 15.7 Å². The zero-order valence-corrected chi connectivity index (χ0v) is 13.5. The van der Waals surface area contributed by atoms with E-state index in [1.165, 1.54) is 32.1 Å². The van der Waals surface area contributed by atoms with Crippen LogP contribution in [0.1, 0.15) is 55.8 Å². The van der Waals surface area contributed by atoms with Gasteiger partial charge in [-0.05, 0) is 32.1 Å². The van der Waals surface area contributed by atoms with Crippen LogP contribution >= 0.6 is 0 Å². The summed E-state index contributed by atoms with van der Waals surface area (Å²) in [5.41, 5.74) is 8.26. The zero-order chi connectivity index (χ0) is 15.0. The van der Waals surface area contributed by atoms with Gasteiger partial charge in [0.1, 0.15) is 5.82 Å². The molecule has 6 heteroatoms. The van der Waals surface area contributed by atoms with Crippen LogP contribution in [0.5, 0.6) is 0 Å². The Balaban J connectivity index is 1.72. The smallest absolute Gasteiger partial charge is 0.152 e. The van der Waals surface area contributed by atoms with Crippen molar-refractivity contribution in [3.8, 4) is 0 Å². The molecule has 0 radical (unpaired) electrons. The van der Waals surface area contributed by atoms with Crippen molar-refractivity contribution in [2.45, 2.75) is 57.9 Å². The second kappa shape index (κ2) is 5.63. The predicted molar refractivity (Wildman–Crippen MR) is 84.0 cm³/mol. The average Bonchev–Trinajstić information content (AvgIpc) is 3.12. The molecule has 1 aliphatic carbocycles. The van der Waals surface area contributed by atoms with E-state index in [2.05, 4.69) is 5.10 Å². The standard InChI is InChI=1S/C15H25N3O2S/c1-11-14(7-6-12-4-2-3-5-12)17-18(15(11)16)13-8-9-21(19,20)10-13/h12-13H,2-10,16H2,1H3. The van der Waals surface area contributed by atoms with Gasteiger partial charge in [0.15, 0.2) is 9.84 Å². The van der Waals surface area contributed by atoms with Gasteiger partial charge in [0.05, 0.1) is 23.2 Å². The Hall–Kier alpha value is -1.04. The lowest BCUT2D eigenvalue weighted by molar-refractivity contribution is 0.481. The van der Waals surface area contributed by atoms with Gasteiger partial charge in [-0.2, -0.15) is 5.10 Å². The van der Waals surface area contributed by atoms with Crippen molar-refractivity contribution in [3.05, 3.63) is 11.3 Å². The highest BCUT2D eigenvalue weighted by Crippen LogP contribution is 2.31. The molecule has 1 unspecified atom stereocenters. The third-order valence-corrected chi connectivity index (χ3v) is 6.86. The number of nitrogen functional groups attached to an aromatic ring is 1. The number of aryl methyl sites for hydroxylation is 1. The Kier molecular flexibility index (Phi) is 3.99. The number of nitrogens with two attached hydrogens (primary N) is 1. The summed E-state index contributed by atoms with van der Waals surface area (Å²) in [6.45, 7) is 2.01. The first-order chi connectivity index (χ1) is 9.96. The maximum absolute atomic E-state index is 11.6. The SMILES string of the molecule is Cc1c(CCC2CCCC2)nn(C2CCS(=O)(=O)C2)c1N. The van der Waals surface area contributed by atoms with Crippen molar-refractivity contribution in [1.82, 2.24) is 9.78 Å². The van der Waals surface area contributed by atoms with Gasteiger partial charge in [-0.15, -0.1) is 0 Å². The van der Waals surface area contributed by atoms with E-state index < -0.39 is 9.84 Å². The molecule has 0 amide bonds. The summed E-state index contributed by atoms with van der Waals surface area (Å²) >= 11 is 0. The maximum Gasteiger partial charge on any atom is 0.152 e. The number of hydrogen-bond acceptors (Lipinski definition) is 4. The molecule has 21 heavy (non-hydrogen) atoms. The fourth-order valence-corrected chi connectivity index (χ4v) is 5.39. The zero-order valence-electron chi connectivity index (χ0n) is 12.7. The first kappa shape index (κ1) is 14.9. The molecular formula is C15H25N3O2S. The number of sulfone groups is 1. The molecule has 2 fully saturated rings. The molecule has 1 atom stereocenters. The second-order valence-electron chi connectivity index (χ2n) is 6.65. The fraction of sp³-hybridized carbons (Fsp3) is 0.800. The van der Waals surface area contributed by atoms with Crippen LogP contribution in [0.25, 0.3) is 0 Å². The van der Waals surface area contributed by atoms with E-state index in [4.69, 9.17) is 5.73 Å². The minimum absolute atomic E-state index is 0.0751. The lowest BCUT2D eigenvalue weighted by Gasteiger charge is -2.10. The Morgan fingerprint density at radius 2 is 2.00 bits per heavy atom. The monoisotopic (exact) mass is 311 g/mol. The molecule has 1 aromatic rings. The van der Waals surface area contributed by atoms with Gasteiger partial charge in [-0.1, -0.05) is 25.7 Å². The van der Waals surface area contributed by atoms with Crippen molar-refractivity contribution in [1.29, 1.82) is 0 Å². The average molecular weight is 311 g/mol. The Morgan fingerprint density at radius 3 is 2.62 bits per heavy atom. The Labute approximate surface area is 126 Å². The summed E-state index contributed by atoms with van der Waals surface area (Å²) in [7, 11) is -2.91. The normalized spacial score (nSPS) is 25.7. The molecule has 1 saturated carbocycles. The van der Waals surface area contributed by atoms with Gasteiger partial charge in [0.25, 0.3) is 0 Å². The largest absolute Gasteiger partial charge is 0.384 e. The van der Waals surface area contributed by atoms with Crippen LogP contribution in [-0.2, 0) is 16.3 Å². The van der Waals surface area contributed by atoms with E-state index >= 15 is 0 Å². The van der Waals surface area contributed by atoms with Crippen LogP contribution in [-0.4, -0.2) is 29.7 Å². The maximum atomic E-state index is 11.6. The van der Waals surface area contributed by atoms with Crippen molar-refractivity contribution in [3.63, 3.8) is 0 Å². The molecule has 1 aromatic heterocycles. The van der Waals surface area contributed by atoms with Gasteiger partial charge < -0.3 is 5.73 Å². The summed E-state index contributed by atoms with van der Waals surface area (Å²) < 4.78 is 25.0. The van der Waals surface area contributed by atoms with E-state index in [-0.39, 0.29) is 17.5 Å². The molecule has 2 heterocycles. The Bertz CT molecular complexity index is 615. The molecular weight excluding hydrogens is 286 g/mol. The minimum atomic E-state index is -2.91. The number of aromatic nitrogens is 2. The Morgan fingerprint density at radius 1 is 1.29 bits per heavy atom. The third kappa shape index (κ3) is 3.10. The van der Waals surface area contributed by atoms with Crippen LogP contribution in [0.3, 0.4) is 0 Å². The van der Waals surface area contributed by atoms with Gasteiger partial charge in [-0.3, -0.25) is 0 Å². The van der Waals surface area contributed by atoms with Crippen LogP contribution in [0, 0.1) is 12.8 Å². The van der Waals surface area contributed by atoms with E-state index in [1.807, 2.05) is 6.92 Å². The topological polar surface area (TPSA) is 78.0 Å². The van der Waals surface area contributed by atoms with Crippen LogP contribution < -0.4 is 5.73 Å². The summed E-state index contributed by atoms with van der Waals surface area (Å²) in [5, 5.41) is 4.65. The van der Waals surface area contributed by atoms with E-state index in [0.29, 0.717) is 12.2 Å². The molecule has 1 aliphatic heterocycles. The van der Waals surface area contributed by atoms with Gasteiger partial charge in [0, 0.05) is 5.56 Å². The lowest BCUT2D eigenvalue weighted by Crippen LogP contribution is -2.15. The molecule has 1 saturated heterocycles. The highest BCUT2D eigenvalue weighted by Gasteiger charge is 2.31. The fourth-order valence-electron chi connectivity index (χ4n) is 3.70. The summed E-state index contributed by atoms with van der Waals surface area (Å²) in [6.07, 6.45) is 8.19. The molecule has 0 bridgehead atoms. The highest BCUT2D eigenvalue weighted by atomic mass is 32.2. The van der Waals surface area contributed by atoms with Crippen molar-refractivity contribution < 1.29 is 8.42 Å². The number of hydrogen-bond donors (Lipinski definition) is 1. The van der Waals surface area contributed by atoms with Gasteiger partial charge >= 0.3 is 0 Å². The second-order valence-corrected chi connectivity index (χ2v) is 8.88. The predicted octanol–water partition coefficient (Wildman–Crippen LogP) is 2.26. The minimum Gasteiger partial charge on any atom is -0.384 e. The third-order valence-electron chi connectivity index (χ3n) is 5.11. The molecule has 2 N–H and O–H groups in total. The van der Waals surface area contributed by atoms with Gasteiger partial charge in [-0.25, -0.2) is 13.1 Å².